The maximum Gasteiger partial charge on any atom is 0.106 e. The Balaban J connectivity index is 2.30. The number of aryl methyl sites for hydroxylation is 2. The molecule has 0 saturated carbocycles. The first kappa shape index (κ1) is 13.8. The van der Waals surface area contributed by atoms with Gasteiger partial charge in [-0.15, -0.1) is 0 Å². The highest BCUT2D eigenvalue weighted by Crippen LogP contribution is 2.25. The number of hydrogen-bond donors (Lipinski definition) is 1. The highest BCUT2D eigenvalue weighted by molar-refractivity contribution is 5.34. The Kier molecular flexibility index (Phi) is 4.01. The summed E-state index contributed by atoms with van der Waals surface area (Å²) in [4.78, 5) is 4.41. The normalized spacial score (nSPS) is 12.7. The van der Waals surface area contributed by atoms with E-state index in [4.69, 9.17) is 0 Å². The summed E-state index contributed by atoms with van der Waals surface area (Å²) in [5.41, 5.74) is 4.94. The summed E-state index contributed by atoms with van der Waals surface area (Å²) in [6.45, 7) is 8.23. The maximum absolute atomic E-state index is 10.5. The molecule has 0 amide bonds. The molecular formula is C17H21NO. The number of rotatable bonds is 3. The predicted octanol–water partition coefficient (Wildman–Crippen LogP) is 3.90. The molecule has 1 unspecified atom stereocenters. The van der Waals surface area contributed by atoms with Gasteiger partial charge in [-0.1, -0.05) is 44.2 Å². The van der Waals surface area contributed by atoms with Crippen molar-refractivity contribution in [1.82, 2.24) is 4.98 Å². The van der Waals surface area contributed by atoms with Crippen molar-refractivity contribution in [2.75, 3.05) is 0 Å². The summed E-state index contributed by atoms with van der Waals surface area (Å²) < 4.78 is 0. The number of aliphatic hydroxyl groups excluding tert-OH is 1. The van der Waals surface area contributed by atoms with E-state index >= 15 is 0 Å². The van der Waals surface area contributed by atoms with Crippen molar-refractivity contribution in [1.29, 1.82) is 0 Å². The molecule has 0 aliphatic rings. The molecule has 0 aliphatic carbocycles. The van der Waals surface area contributed by atoms with E-state index < -0.39 is 6.10 Å². The second-order valence-corrected chi connectivity index (χ2v) is 5.35. The van der Waals surface area contributed by atoms with Crippen molar-refractivity contribution in [3.8, 4) is 0 Å². The highest BCUT2D eigenvalue weighted by Gasteiger charge is 2.13. The number of aromatic nitrogens is 1. The Morgan fingerprint density at radius 3 is 2.00 bits per heavy atom. The molecule has 2 nitrogen and oxygen atoms in total. The van der Waals surface area contributed by atoms with Gasteiger partial charge in [0.1, 0.15) is 6.10 Å². The van der Waals surface area contributed by atoms with Crippen molar-refractivity contribution in [2.24, 2.45) is 0 Å². The van der Waals surface area contributed by atoms with E-state index in [0.717, 1.165) is 22.5 Å². The van der Waals surface area contributed by atoms with Gasteiger partial charge in [0, 0.05) is 17.0 Å². The van der Waals surface area contributed by atoms with Gasteiger partial charge in [-0.25, -0.2) is 0 Å². The van der Waals surface area contributed by atoms with Crippen LogP contribution in [0.2, 0.25) is 0 Å². The van der Waals surface area contributed by atoms with Gasteiger partial charge in [-0.3, -0.25) is 4.98 Å². The van der Waals surface area contributed by atoms with Gasteiger partial charge in [0.25, 0.3) is 0 Å². The lowest BCUT2D eigenvalue weighted by Gasteiger charge is -2.15. The second kappa shape index (κ2) is 5.54. The van der Waals surface area contributed by atoms with Gasteiger partial charge >= 0.3 is 0 Å². The van der Waals surface area contributed by atoms with Crippen molar-refractivity contribution in [3.63, 3.8) is 0 Å². The van der Waals surface area contributed by atoms with Crippen molar-refractivity contribution in [2.45, 2.75) is 39.7 Å². The summed E-state index contributed by atoms with van der Waals surface area (Å²) in [5, 5.41) is 10.5. The van der Waals surface area contributed by atoms with Crippen molar-refractivity contribution >= 4 is 0 Å². The van der Waals surface area contributed by atoms with Crippen LogP contribution >= 0.6 is 0 Å². The number of aliphatic hydroxyl groups is 1. The molecule has 0 radical (unpaired) electrons. The molecule has 0 fully saturated rings. The number of nitrogens with zero attached hydrogens (tertiary/aromatic N) is 1. The highest BCUT2D eigenvalue weighted by atomic mass is 16.3. The van der Waals surface area contributed by atoms with E-state index in [1.807, 2.05) is 38.1 Å². The zero-order chi connectivity index (χ0) is 14.0. The zero-order valence-corrected chi connectivity index (χ0v) is 12.0. The Bertz CT molecular complexity index is 558. The fourth-order valence-corrected chi connectivity index (χ4v) is 2.23. The molecule has 1 heterocycles. The zero-order valence-electron chi connectivity index (χ0n) is 12.0. The average molecular weight is 255 g/mol. The molecule has 0 aliphatic heterocycles. The van der Waals surface area contributed by atoms with E-state index in [0.29, 0.717) is 5.92 Å². The Hall–Kier alpha value is -1.67. The third-order valence-electron chi connectivity index (χ3n) is 3.48. The molecule has 1 aromatic heterocycles. The van der Waals surface area contributed by atoms with E-state index in [-0.39, 0.29) is 0 Å². The van der Waals surface area contributed by atoms with E-state index in [2.05, 4.69) is 31.0 Å². The number of hydrogen-bond acceptors (Lipinski definition) is 2. The molecule has 1 atom stereocenters. The summed E-state index contributed by atoms with van der Waals surface area (Å²) in [7, 11) is 0. The molecular weight excluding hydrogens is 234 g/mol. The third-order valence-corrected chi connectivity index (χ3v) is 3.48. The standard InChI is InChI=1S/C17H21NO/c1-11(2)14-6-8-15(9-7-14)17(19)16-10-5-12(3)18-13(16)4/h5-11,17,19H,1-4H3. The monoisotopic (exact) mass is 255 g/mol. The van der Waals surface area contributed by atoms with Gasteiger partial charge in [0.15, 0.2) is 0 Å². The van der Waals surface area contributed by atoms with Crippen LogP contribution in [0.3, 0.4) is 0 Å². The summed E-state index contributed by atoms with van der Waals surface area (Å²) >= 11 is 0. The lowest BCUT2D eigenvalue weighted by Crippen LogP contribution is -2.04. The van der Waals surface area contributed by atoms with Crippen LogP contribution in [0, 0.1) is 13.8 Å². The van der Waals surface area contributed by atoms with Crippen LogP contribution in [0.25, 0.3) is 0 Å². The van der Waals surface area contributed by atoms with E-state index in [9.17, 15) is 5.11 Å². The van der Waals surface area contributed by atoms with Crippen LogP contribution in [0.4, 0.5) is 0 Å². The number of benzene rings is 1. The Morgan fingerprint density at radius 1 is 0.895 bits per heavy atom. The quantitative estimate of drug-likeness (QED) is 0.902. The molecule has 19 heavy (non-hydrogen) atoms. The van der Waals surface area contributed by atoms with Gasteiger partial charge in [0.05, 0.1) is 0 Å². The van der Waals surface area contributed by atoms with Crippen molar-refractivity contribution in [3.05, 3.63) is 64.5 Å². The molecule has 0 saturated heterocycles. The molecule has 2 heteroatoms. The van der Waals surface area contributed by atoms with E-state index in [1.165, 1.54) is 5.56 Å². The maximum atomic E-state index is 10.5. The lowest BCUT2D eigenvalue weighted by atomic mass is 9.96. The van der Waals surface area contributed by atoms with Gasteiger partial charge < -0.3 is 5.11 Å². The van der Waals surface area contributed by atoms with Gasteiger partial charge in [-0.05, 0) is 37.0 Å². The molecule has 1 aromatic carbocycles. The second-order valence-electron chi connectivity index (χ2n) is 5.35. The Morgan fingerprint density at radius 2 is 1.47 bits per heavy atom. The van der Waals surface area contributed by atoms with Crippen LogP contribution < -0.4 is 0 Å². The fraction of sp³-hybridized carbons (Fsp3) is 0.353. The summed E-state index contributed by atoms with van der Waals surface area (Å²) in [6.07, 6.45) is -0.602. The van der Waals surface area contributed by atoms with Crippen LogP contribution in [0.1, 0.15) is 53.9 Å². The minimum absolute atomic E-state index is 0.508. The van der Waals surface area contributed by atoms with Gasteiger partial charge in [-0.2, -0.15) is 0 Å². The molecule has 0 bridgehead atoms. The molecule has 2 rings (SSSR count). The minimum atomic E-state index is -0.602. The summed E-state index contributed by atoms with van der Waals surface area (Å²) in [6, 6.07) is 12.1. The lowest BCUT2D eigenvalue weighted by molar-refractivity contribution is 0.219. The van der Waals surface area contributed by atoms with Gasteiger partial charge in [0.2, 0.25) is 0 Å². The summed E-state index contributed by atoms with van der Waals surface area (Å²) in [5.74, 6) is 0.508. The minimum Gasteiger partial charge on any atom is -0.384 e. The molecule has 0 spiro atoms. The first-order valence-electron chi connectivity index (χ1n) is 6.71. The molecule has 1 N–H and O–H groups in total. The first-order valence-corrected chi connectivity index (χ1v) is 6.71. The third kappa shape index (κ3) is 3.02. The topological polar surface area (TPSA) is 33.1 Å². The van der Waals surface area contributed by atoms with Crippen LogP contribution in [-0.4, -0.2) is 10.1 Å². The first-order chi connectivity index (χ1) is 8.99. The molecule has 100 valence electrons. The molecule has 2 aromatic rings. The van der Waals surface area contributed by atoms with E-state index in [1.54, 1.807) is 0 Å². The van der Waals surface area contributed by atoms with Crippen LogP contribution in [0.5, 0.6) is 0 Å². The smallest absolute Gasteiger partial charge is 0.106 e. The van der Waals surface area contributed by atoms with Crippen molar-refractivity contribution < 1.29 is 5.11 Å². The SMILES string of the molecule is Cc1ccc(C(O)c2ccc(C(C)C)cc2)c(C)n1. The van der Waals surface area contributed by atoms with Crippen LogP contribution in [0.15, 0.2) is 36.4 Å². The predicted molar refractivity (Wildman–Crippen MR) is 78.3 cm³/mol. The Labute approximate surface area is 115 Å². The number of pyridine rings is 1. The average Bonchev–Trinajstić information content (AvgIpc) is 2.38. The van der Waals surface area contributed by atoms with Crippen LogP contribution in [-0.2, 0) is 0 Å². The fourth-order valence-electron chi connectivity index (χ4n) is 2.23. The largest absolute Gasteiger partial charge is 0.384 e.